The van der Waals surface area contributed by atoms with Crippen molar-refractivity contribution in [1.82, 2.24) is 10.2 Å². The van der Waals surface area contributed by atoms with E-state index in [2.05, 4.69) is 20.3 Å². The van der Waals surface area contributed by atoms with Crippen LogP contribution in [0.4, 0.5) is 20.3 Å². The zero-order valence-electron chi connectivity index (χ0n) is 14.7. The molecule has 0 radical (unpaired) electrons. The maximum Gasteiger partial charge on any atom is 0.487 e. The minimum Gasteiger partial charge on any atom is -0.420 e. The quantitative estimate of drug-likeness (QED) is 0.350. The van der Waals surface area contributed by atoms with E-state index in [-0.39, 0.29) is 5.75 Å². The molecular weight excluding hydrogens is 419 g/mol. The van der Waals surface area contributed by atoms with Crippen LogP contribution in [-0.2, 0) is 0 Å². The molecule has 146 valence electrons. The van der Waals surface area contributed by atoms with E-state index in [4.69, 9.17) is 23.2 Å². The summed E-state index contributed by atoms with van der Waals surface area (Å²) in [6.45, 7) is 0. The fourth-order valence-corrected chi connectivity index (χ4v) is 3.20. The first kappa shape index (κ1) is 19.4. The average Bonchev–Trinajstić information content (AvgIpc) is 2.68. The molecule has 0 spiro atoms. The summed E-state index contributed by atoms with van der Waals surface area (Å²) in [5, 5.41) is 14.2. The summed E-state index contributed by atoms with van der Waals surface area (Å²) in [6, 6.07) is 21.0. The summed E-state index contributed by atoms with van der Waals surface area (Å²) in [5.74, 6) is 0.477. The van der Waals surface area contributed by atoms with Crippen LogP contribution in [0.3, 0.4) is 0 Å². The average molecular weight is 432 g/mol. The number of anilines is 2. The third-order valence-electron chi connectivity index (χ3n) is 4.14. The topological polar surface area (TPSA) is 47.0 Å². The summed E-state index contributed by atoms with van der Waals surface area (Å²) >= 11 is 10.9. The molecule has 4 aromatic rings. The highest BCUT2D eigenvalue weighted by atomic mass is 35.5. The van der Waals surface area contributed by atoms with Crippen LogP contribution < -0.4 is 10.1 Å². The molecule has 3 aromatic carbocycles. The van der Waals surface area contributed by atoms with Crippen molar-refractivity contribution in [3.05, 3.63) is 77.8 Å². The molecule has 0 saturated carbocycles. The van der Waals surface area contributed by atoms with E-state index in [0.29, 0.717) is 22.2 Å². The van der Waals surface area contributed by atoms with Gasteiger partial charge < -0.3 is 10.1 Å². The van der Waals surface area contributed by atoms with Gasteiger partial charge in [-0.3, -0.25) is 0 Å². The fraction of sp³-hybridized carbons (Fsp3) is 0.0476. The summed E-state index contributed by atoms with van der Waals surface area (Å²) in [5.41, 5.74) is -1.56. The summed E-state index contributed by atoms with van der Waals surface area (Å²) in [4.78, 5) is 0. The third kappa shape index (κ3) is 4.55. The number of fused-ring (bicyclic) bond motifs is 1. The van der Waals surface area contributed by atoms with Gasteiger partial charge in [0.2, 0.25) is 0 Å². The molecule has 4 nitrogen and oxygen atoms in total. The number of nitrogens with one attached hydrogen (secondary N) is 1. The van der Waals surface area contributed by atoms with Gasteiger partial charge in [0.1, 0.15) is 11.4 Å². The summed E-state index contributed by atoms with van der Waals surface area (Å²) < 4.78 is 29.8. The molecule has 0 amide bonds. The minimum atomic E-state index is -3.76. The Morgan fingerprint density at radius 3 is 2.28 bits per heavy atom. The molecule has 0 aliphatic rings. The Bertz CT molecular complexity index is 1160. The number of aromatic nitrogens is 2. The first-order chi connectivity index (χ1) is 13.9. The molecular formula is C21H13Cl2F2N3O. The van der Waals surface area contributed by atoms with Gasteiger partial charge in [0.15, 0.2) is 5.82 Å². The third-order valence-corrected chi connectivity index (χ3v) is 4.45. The molecule has 0 aliphatic carbocycles. The van der Waals surface area contributed by atoms with E-state index in [1.807, 2.05) is 42.5 Å². The Morgan fingerprint density at radius 1 is 0.862 bits per heavy atom. The van der Waals surface area contributed by atoms with Gasteiger partial charge in [-0.1, -0.05) is 48.0 Å². The Hall–Kier alpha value is -2.96. The number of nitrogens with zero attached hydrogens (tertiary/aromatic N) is 2. The van der Waals surface area contributed by atoms with Crippen LogP contribution in [0.1, 0.15) is 0 Å². The van der Waals surface area contributed by atoms with Crippen LogP contribution >= 0.6 is 23.2 Å². The van der Waals surface area contributed by atoms with Crippen molar-refractivity contribution in [3.63, 3.8) is 0 Å². The molecule has 0 saturated heterocycles. The van der Waals surface area contributed by atoms with Gasteiger partial charge in [0.05, 0.1) is 0 Å². The number of halogens is 4. The molecule has 0 bridgehead atoms. The molecule has 8 heteroatoms. The van der Waals surface area contributed by atoms with Crippen LogP contribution in [-0.4, -0.2) is 15.8 Å². The van der Waals surface area contributed by atoms with Crippen molar-refractivity contribution < 1.29 is 13.5 Å². The number of benzene rings is 3. The van der Waals surface area contributed by atoms with Crippen LogP contribution in [0.15, 0.2) is 72.8 Å². The Balaban J connectivity index is 1.68. The highest BCUT2D eigenvalue weighted by molar-refractivity contribution is 6.30. The van der Waals surface area contributed by atoms with Crippen molar-refractivity contribution in [2.75, 3.05) is 5.32 Å². The van der Waals surface area contributed by atoms with E-state index in [9.17, 15) is 8.78 Å². The minimum absolute atomic E-state index is 0.0530. The van der Waals surface area contributed by atoms with Crippen LogP contribution in [0.2, 0.25) is 5.02 Å². The summed E-state index contributed by atoms with van der Waals surface area (Å²) in [7, 11) is 0. The Labute approximate surface area is 175 Å². The zero-order valence-corrected chi connectivity index (χ0v) is 16.3. The predicted molar refractivity (Wildman–Crippen MR) is 111 cm³/mol. The van der Waals surface area contributed by atoms with Crippen molar-refractivity contribution in [2.24, 2.45) is 0 Å². The maximum absolute atomic E-state index is 12.7. The highest BCUT2D eigenvalue weighted by Gasteiger charge is 2.27. The van der Waals surface area contributed by atoms with E-state index >= 15 is 0 Å². The number of rotatable bonds is 5. The lowest BCUT2D eigenvalue weighted by Gasteiger charge is -2.13. The van der Waals surface area contributed by atoms with Crippen LogP contribution in [0, 0.1) is 0 Å². The van der Waals surface area contributed by atoms with Crippen molar-refractivity contribution in [1.29, 1.82) is 0 Å². The lowest BCUT2D eigenvalue weighted by atomic mass is 10.0. The van der Waals surface area contributed by atoms with E-state index in [1.165, 1.54) is 12.1 Å². The monoisotopic (exact) mass is 431 g/mol. The molecule has 0 fully saturated rings. The lowest BCUT2D eigenvalue weighted by molar-refractivity contribution is -0.0964. The highest BCUT2D eigenvalue weighted by Crippen LogP contribution is 2.32. The van der Waals surface area contributed by atoms with Crippen molar-refractivity contribution in [2.45, 2.75) is 5.57 Å². The second-order valence-corrected chi connectivity index (χ2v) is 7.03. The first-order valence-corrected chi connectivity index (χ1v) is 9.29. The molecule has 0 aliphatic heterocycles. The van der Waals surface area contributed by atoms with Crippen LogP contribution in [0.5, 0.6) is 5.75 Å². The van der Waals surface area contributed by atoms with Gasteiger partial charge in [-0.25, -0.2) is 0 Å². The van der Waals surface area contributed by atoms with Gasteiger partial charge in [-0.05, 0) is 36.4 Å². The standard InChI is InChI=1S/C21H13Cl2F2N3O/c22-14-5-3-4-13(12-14)19-17-6-1-2-7-18(17)20(28-27-19)26-15-8-10-16(11-9-15)29-21(23,24)25/h1-12H,(H,26,28). The Kier molecular flexibility index (Phi) is 5.22. The predicted octanol–water partition coefficient (Wildman–Crippen LogP) is 6.86. The normalized spacial score (nSPS) is 11.4. The van der Waals surface area contributed by atoms with Gasteiger partial charge in [-0.15, -0.1) is 19.0 Å². The second kappa shape index (κ2) is 7.81. The lowest BCUT2D eigenvalue weighted by Crippen LogP contribution is -2.15. The number of ether oxygens (including phenoxy) is 1. The maximum atomic E-state index is 12.7. The molecule has 0 atom stereocenters. The SMILES string of the molecule is FC(F)(Cl)Oc1ccc(Nc2nnc(-c3cccc(Cl)c3)c3ccccc23)cc1. The number of hydrogen-bond acceptors (Lipinski definition) is 4. The van der Waals surface area contributed by atoms with Gasteiger partial charge in [-0.2, -0.15) is 0 Å². The van der Waals surface area contributed by atoms with Crippen molar-refractivity contribution >= 4 is 45.5 Å². The Morgan fingerprint density at radius 2 is 1.59 bits per heavy atom. The number of alkyl halides is 3. The van der Waals surface area contributed by atoms with Crippen molar-refractivity contribution in [3.8, 4) is 17.0 Å². The second-order valence-electron chi connectivity index (χ2n) is 6.15. The molecule has 4 rings (SSSR count). The van der Waals surface area contributed by atoms with E-state index < -0.39 is 5.57 Å². The first-order valence-electron chi connectivity index (χ1n) is 8.53. The van der Waals surface area contributed by atoms with Gasteiger partial charge in [0, 0.05) is 38.6 Å². The zero-order chi connectivity index (χ0) is 20.4. The molecule has 1 aromatic heterocycles. The molecule has 29 heavy (non-hydrogen) atoms. The molecule has 1 N–H and O–H groups in total. The largest absolute Gasteiger partial charge is 0.487 e. The van der Waals surface area contributed by atoms with Gasteiger partial charge >= 0.3 is 5.57 Å². The molecule has 0 unspecified atom stereocenters. The summed E-state index contributed by atoms with van der Waals surface area (Å²) in [6.07, 6.45) is 0. The van der Waals surface area contributed by atoms with Gasteiger partial charge in [0.25, 0.3) is 0 Å². The smallest absolute Gasteiger partial charge is 0.420 e. The van der Waals surface area contributed by atoms with E-state index in [0.717, 1.165) is 16.3 Å². The molecule has 1 heterocycles. The fourth-order valence-electron chi connectivity index (χ4n) is 2.92. The number of hydrogen-bond donors (Lipinski definition) is 1. The van der Waals surface area contributed by atoms with E-state index in [1.54, 1.807) is 18.2 Å². The van der Waals surface area contributed by atoms with Crippen LogP contribution in [0.25, 0.3) is 22.0 Å².